The largest absolute Gasteiger partial charge is 0.334 e. The molecule has 0 unspecified atom stereocenters. The monoisotopic (exact) mass is 311 g/mol. The first kappa shape index (κ1) is 13.2. The van der Waals surface area contributed by atoms with Crippen molar-refractivity contribution >= 4 is 15.9 Å². The van der Waals surface area contributed by atoms with Gasteiger partial charge in [-0.15, -0.1) is 0 Å². The van der Waals surface area contributed by atoms with Crippen molar-refractivity contribution in [1.82, 2.24) is 14.9 Å². The molecule has 0 radical (unpaired) electrons. The van der Waals surface area contributed by atoms with Crippen molar-refractivity contribution in [3.63, 3.8) is 0 Å². The van der Waals surface area contributed by atoms with Crippen LogP contribution in [0.5, 0.6) is 0 Å². The Balaban J connectivity index is 1.94. The zero-order valence-electron chi connectivity index (χ0n) is 10.2. The van der Waals surface area contributed by atoms with Crippen molar-refractivity contribution in [2.75, 3.05) is 0 Å². The molecule has 96 valence electrons. The minimum atomic E-state index is -0.218. The van der Waals surface area contributed by atoms with Crippen LogP contribution in [0.1, 0.15) is 18.3 Å². The Bertz CT molecular complexity index is 525. The van der Waals surface area contributed by atoms with Gasteiger partial charge in [-0.2, -0.15) is 0 Å². The lowest BCUT2D eigenvalue weighted by molar-refractivity contribution is 0.601. The fourth-order valence-electron chi connectivity index (χ4n) is 1.78. The van der Waals surface area contributed by atoms with Crippen molar-refractivity contribution in [2.45, 2.75) is 26.6 Å². The smallest absolute Gasteiger partial charge is 0.123 e. The lowest BCUT2D eigenvalue weighted by Crippen LogP contribution is -2.16. The minimum Gasteiger partial charge on any atom is -0.334 e. The summed E-state index contributed by atoms with van der Waals surface area (Å²) in [6.45, 7) is 4.26. The van der Waals surface area contributed by atoms with Gasteiger partial charge in [0.1, 0.15) is 11.6 Å². The summed E-state index contributed by atoms with van der Waals surface area (Å²) < 4.78 is 16.1. The average molecular weight is 312 g/mol. The summed E-state index contributed by atoms with van der Waals surface area (Å²) in [5.41, 5.74) is 0.907. The van der Waals surface area contributed by atoms with E-state index >= 15 is 0 Å². The van der Waals surface area contributed by atoms with Crippen LogP contribution in [0.2, 0.25) is 0 Å². The van der Waals surface area contributed by atoms with Crippen LogP contribution in [0.4, 0.5) is 4.39 Å². The molecule has 3 nitrogen and oxygen atoms in total. The number of aryl methyl sites for hydroxylation is 1. The first-order valence-electron chi connectivity index (χ1n) is 5.85. The van der Waals surface area contributed by atoms with Gasteiger partial charge in [-0.05, 0) is 30.7 Å². The van der Waals surface area contributed by atoms with E-state index in [1.165, 1.54) is 12.1 Å². The van der Waals surface area contributed by atoms with E-state index in [0.717, 1.165) is 22.4 Å². The summed E-state index contributed by atoms with van der Waals surface area (Å²) in [6, 6.07) is 4.69. The van der Waals surface area contributed by atoms with E-state index in [1.54, 1.807) is 12.3 Å². The Morgan fingerprint density at radius 1 is 1.39 bits per heavy atom. The van der Waals surface area contributed by atoms with Gasteiger partial charge in [0, 0.05) is 30.0 Å². The van der Waals surface area contributed by atoms with E-state index in [4.69, 9.17) is 0 Å². The highest BCUT2D eigenvalue weighted by Gasteiger charge is 2.03. The molecule has 0 atom stereocenters. The van der Waals surface area contributed by atoms with E-state index in [-0.39, 0.29) is 5.82 Å². The van der Waals surface area contributed by atoms with Crippen LogP contribution >= 0.6 is 15.9 Å². The molecule has 0 aliphatic rings. The second kappa shape index (κ2) is 6.11. The minimum absolute atomic E-state index is 0.218. The van der Waals surface area contributed by atoms with E-state index in [2.05, 4.69) is 37.7 Å². The number of rotatable bonds is 5. The summed E-state index contributed by atoms with van der Waals surface area (Å²) in [4.78, 5) is 4.27. The van der Waals surface area contributed by atoms with E-state index < -0.39 is 0 Å². The van der Waals surface area contributed by atoms with Gasteiger partial charge in [-0.3, -0.25) is 0 Å². The third-order valence-electron chi connectivity index (χ3n) is 2.75. The normalized spacial score (nSPS) is 10.8. The Hall–Kier alpha value is -1.20. The van der Waals surface area contributed by atoms with E-state index in [9.17, 15) is 4.39 Å². The van der Waals surface area contributed by atoms with Gasteiger partial charge in [0.2, 0.25) is 0 Å². The van der Waals surface area contributed by atoms with Gasteiger partial charge >= 0.3 is 0 Å². The first-order valence-corrected chi connectivity index (χ1v) is 6.64. The first-order chi connectivity index (χ1) is 8.70. The van der Waals surface area contributed by atoms with E-state index in [1.807, 2.05) is 6.20 Å². The van der Waals surface area contributed by atoms with Crippen molar-refractivity contribution < 1.29 is 4.39 Å². The summed E-state index contributed by atoms with van der Waals surface area (Å²) in [5, 5.41) is 3.27. The SMILES string of the molecule is CCn1ccnc1CNCc1cc(F)ccc1Br. The molecule has 0 saturated heterocycles. The second-order valence-electron chi connectivity index (χ2n) is 3.97. The Labute approximate surface area is 114 Å². The van der Waals surface area contributed by atoms with Crippen LogP contribution in [-0.4, -0.2) is 9.55 Å². The van der Waals surface area contributed by atoms with Crippen LogP contribution in [0.25, 0.3) is 0 Å². The molecule has 0 aliphatic heterocycles. The van der Waals surface area contributed by atoms with Gasteiger partial charge in [0.15, 0.2) is 0 Å². The number of halogens is 2. The molecule has 1 aromatic carbocycles. The van der Waals surface area contributed by atoms with Gasteiger partial charge in [-0.1, -0.05) is 15.9 Å². The molecule has 0 fully saturated rings. The predicted octanol–water partition coefficient (Wildman–Crippen LogP) is 3.09. The second-order valence-corrected chi connectivity index (χ2v) is 4.82. The van der Waals surface area contributed by atoms with Crippen LogP contribution < -0.4 is 5.32 Å². The van der Waals surface area contributed by atoms with Gasteiger partial charge in [0.05, 0.1) is 6.54 Å². The number of aromatic nitrogens is 2. The molecule has 1 aromatic heterocycles. The number of hydrogen-bond acceptors (Lipinski definition) is 2. The Morgan fingerprint density at radius 3 is 3.00 bits per heavy atom. The molecule has 2 aromatic rings. The van der Waals surface area contributed by atoms with Crippen molar-refractivity contribution in [3.8, 4) is 0 Å². The van der Waals surface area contributed by atoms with Gasteiger partial charge in [0.25, 0.3) is 0 Å². The fraction of sp³-hybridized carbons (Fsp3) is 0.308. The summed E-state index contributed by atoms with van der Waals surface area (Å²) in [5.74, 6) is 0.773. The third kappa shape index (κ3) is 3.17. The fourth-order valence-corrected chi connectivity index (χ4v) is 2.17. The highest BCUT2D eigenvalue weighted by atomic mass is 79.9. The zero-order valence-corrected chi connectivity index (χ0v) is 11.7. The summed E-state index contributed by atoms with van der Waals surface area (Å²) in [7, 11) is 0. The molecule has 0 saturated carbocycles. The zero-order chi connectivity index (χ0) is 13.0. The number of nitrogens with one attached hydrogen (secondary N) is 1. The lowest BCUT2D eigenvalue weighted by atomic mass is 10.2. The third-order valence-corrected chi connectivity index (χ3v) is 3.52. The standard InChI is InChI=1S/C13H15BrFN3/c1-2-18-6-5-17-13(18)9-16-8-10-7-11(15)3-4-12(10)14/h3-7,16H,2,8-9H2,1H3. The van der Waals surface area contributed by atoms with Crippen LogP contribution in [-0.2, 0) is 19.6 Å². The summed E-state index contributed by atoms with van der Waals surface area (Å²) >= 11 is 3.41. The van der Waals surface area contributed by atoms with Crippen LogP contribution in [0.3, 0.4) is 0 Å². The highest BCUT2D eigenvalue weighted by Crippen LogP contribution is 2.17. The van der Waals surface area contributed by atoms with Crippen LogP contribution in [0, 0.1) is 5.82 Å². The van der Waals surface area contributed by atoms with Gasteiger partial charge in [-0.25, -0.2) is 9.37 Å². The highest BCUT2D eigenvalue weighted by molar-refractivity contribution is 9.10. The maximum atomic E-state index is 13.1. The van der Waals surface area contributed by atoms with Crippen molar-refractivity contribution in [2.24, 2.45) is 0 Å². The Morgan fingerprint density at radius 2 is 2.22 bits per heavy atom. The number of hydrogen-bond donors (Lipinski definition) is 1. The molecule has 2 rings (SSSR count). The molecule has 0 bridgehead atoms. The maximum Gasteiger partial charge on any atom is 0.123 e. The summed E-state index contributed by atoms with van der Waals surface area (Å²) in [6.07, 6.45) is 3.74. The van der Waals surface area contributed by atoms with E-state index in [0.29, 0.717) is 13.1 Å². The quantitative estimate of drug-likeness (QED) is 0.919. The lowest BCUT2D eigenvalue weighted by Gasteiger charge is -2.08. The number of imidazole rings is 1. The molecule has 18 heavy (non-hydrogen) atoms. The molecule has 1 heterocycles. The number of benzene rings is 1. The molecule has 5 heteroatoms. The molecule has 0 amide bonds. The van der Waals surface area contributed by atoms with Crippen molar-refractivity contribution in [3.05, 3.63) is 52.3 Å². The molecule has 1 N–H and O–H groups in total. The molecular formula is C13H15BrFN3. The van der Waals surface area contributed by atoms with Gasteiger partial charge < -0.3 is 9.88 Å². The maximum absolute atomic E-state index is 13.1. The predicted molar refractivity (Wildman–Crippen MR) is 72.5 cm³/mol. The number of nitrogens with zero attached hydrogens (tertiary/aromatic N) is 2. The topological polar surface area (TPSA) is 29.9 Å². The molecule has 0 spiro atoms. The van der Waals surface area contributed by atoms with Crippen LogP contribution in [0.15, 0.2) is 35.1 Å². The molecular weight excluding hydrogens is 297 g/mol. The molecule has 0 aliphatic carbocycles. The van der Waals surface area contributed by atoms with Crippen molar-refractivity contribution in [1.29, 1.82) is 0 Å². The average Bonchev–Trinajstić information content (AvgIpc) is 2.81. The Kier molecular flexibility index (Phi) is 4.49.